The number of carbonyl (C=O) groups excluding carboxylic acids is 1. The lowest BCUT2D eigenvalue weighted by Crippen LogP contribution is -2.61. The minimum atomic E-state index is -0.499. The van der Waals surface area contributed by atoms with Gasteiger partial charge in [0.25, 0.3) is 0 Å². The molecule has 1 unspecified atom stereocenters. The van der Waals surface area contributed by atoms with Crippen LogP contribution in [0.1, 0.15) is 34.1 Å². The third-order valence-electron chi connectivity index (χ3n) is 3.61. The Morgan fingerprint density at radius 2 is 2.06 bits per heavy atom. The van der Waals surface area contributed by atoms with Gasteiger partial charge >= 0.3 is 6.09 Å². The van der Waals surface area contributed by atoms with Crippen molar-refractivity contribution < 1.29 is 19.4 Å². The van der Waals surface area contributed by atoms with E-state index in [1.807, 2.05) is 27.7 Å². The monoisotopic (exact) mass is 257 g/mol. The van der Waals surface area contributed by atoms with Crippen molar-refractivity contribution in [3.8, 4) is 0 Å². The summed E-state index contributed by atoms with van der Waals surface area (Å²) in [4.78, 5) is 14.0. The predicted octanol–water partition coefficient (Wildman–Crippen LogP) is 1.39. The summed E-state index contributed by atoms with van der Waals surface area (Å²) >= 11 is 0. The highest BCUT2D eigenvalue weighted by molar-refractivity contribution is 5.70. The quantitative estimate of drug-likeness (QED) is 0.771. The number of carbonyl (C=O) groups is 1. The van der Waals surface area contributed by atoms with E-state index in [1.54, 1.807) is 4.90 Å². The molecule has 1 spiro atoms. The van der Waals surface area contributed by atoms with Crippen LogP contribution in [0.25, 0.3) is 0 Å². The second-order valence-electron chi connectivity index (χ2n) is 6.93. The molecule has 104 valence electrons. The second-order valence-corrected chi connectivity index (χ2v) is 6.93. The molecule has 2 heterocycles. The highest BCUT2D eigenvalue weighted by Gasteiger charge is 2.57. The molecular weight excluding hydrogens is 234 g/mol. The predicted molar refractivity (Wildman–Crippen MR) is 66.3 cm³/mol. The van der Waals surface area contributed by atoms with E-state index in [4.69, 9.17) is 9.47 Å². The minimum Gasteiger partial charge on any atom is -0.444 e. The van der Waals surface area contributed by atoms with Gasteiger partial charge in [0, 0.05) is 12.0 Å². The van der Waals surface area contributed by atoms with E-state index in [9.17, 15) is 9.90 Å². The molecule has 1 amide bonds. The number of amides is 1. The van der Waals surface area contributed by atoms with Gasteiger partial charge in [-0.3, -0.25) is 4.90 Å². The van der Waals surface area contributed by atoms with Gasteiger partial charge in [-0.05, 0) is 27.2 Å². The molecule has 0 bridgehead atoms. The van der Waals surface area contributed by atoms with Crippen molar-refractivity contribution in [1.82, 2.24) is 4.90 Å². The van der Waals surface area contributed by atoms with Gasteiger partial charge in [-0.25, -0.2) is 4.79 Å². The van der Waals surface area contributed by atoms with Crippen LogP contribution in [0.2, 0.25) is 0 Å². The van der Waals surface area contributed by atoms with Crippen molar-refractivity contribution >= 4 is 6.09 Å². The molecule has 2 fully saturated rings. The zero-order valence-electron chi connectivity index (χ0n) is 11.7. The first-order valence-corrected chi connectivity index (χ1v) is 6.39. The van der Waals surface area contributed by atoms with E-state index in [0.717, 1.165) is 6.42 Å². The zero-order chi connectivity index (χ0) is 13.6. The molecule has 0 saturated carbocycles. The van der Waals surface area contributed by atoms with Crippen LogP contribution < -0.4 is 0 Å². The molecule has 1 N–H and O–H groups in total. The molecule has 2 saturated heterocycles. The van der Waals surface area contributed by atoms with E-state index in [2.05, 4.69) is 0 Å². The van der Waals surface area contributed by atoms with Crippen LogP contribution in [0.15, 0.2) is 0 Å². The Kier molecular flexibility index (Phi) is 3.10. The van der Waals surface area contributed by atoms with Crippen molar-refractivity contribution in [3.05, 3.63) is 0 Å². The molecule has 0 aromatic rings. The van der Waals surface area contributed by atoms with Gasteiger partial charge in [-0.15, -0.1) is 0 Å². The fraction of sp³-hybridized carbons (Fsp3) is 0.923. The second kappa shape index (κ2) is 4.10. The Hall–Kier alpha value is -0.810. The fourth-order valence-corrected chi connectivity index (χ4v) is 2.77. The highest BCUT2D eigenvalue weighted by atomic mass is 16.6. The molecule has 1 atom stereocenters. The molecule has 2 aliphatic heterocycles. The molecular formula is C13H23NO4. The van der Waals surface area contributed by atoms with Crippen LogP contribution in [0.3, 0.4) is 0 Å². The van der Waals surface area contributed by atoms with Crippen molar-refractivity contribution in [2.24, 2.45) is 5.41 Å². The summed E-state index contributed by atoms with van der Waals surface area (Å²) in [6, 6.07) is 0. The summed E-state index contributed by atoms with van der Waals surface area (Å²) < 4.78 is 10.7. The van der Waals surface area contributed by atoms with Crippen LogP contribution in [0.5, 0.6) is 0 Å². The summed E-state index contributed by atoms with van der Waals surface area (Å²) in [7, 11) is 0. The van der Waals surface area contributed by atoms with Crippen molar-refractivity contribution in [1.29, 1.82) is 0 Å². The van der Waals surface area contributed by atoms with Crippen molar-refractivity contribution in [2.45, 2.75) is 45.3 Å². The van der Waals surface area contributed by atoms with Gasteiger partial charge in [-0.1, -0.05) is 6.92 Å². The maximum absolute atomic E-state index is 12.2. The fourth-order valence-electron chi connectivity index (χ4n) is 2.77. The molecule has 2 rings (SSSR count). The number of aliphatic hydroxyl groups is 1. The van der Waals surface area contributed by atoms with E-state index in [-0.39, 0.29) is 23.7 Å². The molecule has 2 aliphatic rings. The van der Waals surface area contributed by atoms with E-state index in [0.29, 0.717) is 19.8 Å². The van der Waals surface area contributed by atoms with Gasteiger partial charge in [0.2, 0.25) is 0 Å². The summed E-state index contributed by atoms with van der Waals surface area (Å²) in [5, 5.41) is 9.49. The largest absolute Gasteiger partial charge is 0.444 e. The Bertz CT molecular complexity index is 345. The third-order valence-corrected chi connectivity index (χ3v) is 3.61. The van der Waals surface area contributed by atoms with Crippen molar-refractivity contribution in [2.75, 3.05) is 26.4 Å². The number of hydrogen-bond acceptors (Lipinski definition) is 4. The van der Waals surface area contributed by atoms with E-state index in [1.165, 1.54) is 0 Å². The standard InChI is InChI=1S/C13H23NO4/c1-11(2,3)18-10(16)14-6-12(4,7-15)5-13(14)8-17-9-13/h15H,5-9H2,1-4H3. The van der Waals surface area contributed by atoms with Gasteiger partial charge in [-0.2, -0.15) is 0 Å². The lowest BCUT2D eigenvalue weighted by molar-refractivity contribution is -0.121. The maximum atomic E-state index is 12.2. The zero-order valence-corrected chi connectivity index (χ0v) is 11.7. The van der Waals surface area contributed by atoms with Crippen LogP contribution in [0, 0.1) is 5.41 Å². The number of rotatable bonds is 1. The van der Waals surface area contributed by atoms with Gasteiger partial charge in [0.05, 0.1) is 25.4 Å². The summed E-state index contributed by atoms with van der Waals surface area (Å²) in [6.07, 6.45) is 0.471. The molecule has 0 radical (unpaired) electrons. The molecule has 5 nitrogen and oxygen atoms in total. The lowest BCUT2D eigenvalue weighted by Gasteiger charge is -2.45. The lowest BCUT2D eigenvalue weighted by atomic mass is 9.82. The number of likely N-dealkylation sites (tertiary alicyclic amines) is 1. The normalized spacial score (nSPS) is 30.4. The molecule has 0 aliphatic carbocycles. The van der Waals surface area contributed by atoms with Gasteiger partial charge in [0.1, 0.15) is 5.60 Å². The average molecular weight is 257 g/mol. The topological polar surface area (TPSA) is 59.0 Å². The third kappa shape index (κ3) is 2.34. The smallest absolute Gasteiger partial charge is 0.410 e. The Morgan fingerprint density at radius 3 is 2.44 bits per heavy atom. The SMILES string of the molecule is CC1(CO)CN(C(=O)OC(C)(C)C)C2(COC2)C1. The highest BCUT2D eigenvalue weighted by Crippen LogP contribution is 2.45. The summed E-state index contributed by atoms with van der Waals surface area (Å²) in [5.41, 5.74) is -1.01. The van der Waals surface area contributed by atoms with Crippen molar-refractivity contribution in [3.63, 3.8) is 0 Å². The van der Waals surface area contributed by atoms with Crippen LogP contribution in [-0.2, 0) is 9.47 Å². The van der Waals surface area contributed by atoms with Crippen LogP contribution in [0.4, 0.5) is 4.79 Å². The average Bonchev–Trinajstić information content (AvgIpc) is 2.51. The van der Waals surface area contributed by atoms with Crippen LogP contribution in [-0.4, -0.2) is 53.6 Å². The van der Waals surface area contributed by atoms with E-state index >= 15 is 0 Å². The summed E-state index contributed by atoms with van der Waals surface area (Å²) in [6.45, 7) is 9.26. The van der Waals surface area contributed by atoms with Gasteiger partial charge in [0.15, 0.2) is 0 Å². The van der Waals surface area contributed by atoms with E-state index < -0.39 is 5.60 Å². The molecule has 5 heteroatoms. The summed E-state index contributed by atoms with van der Waals surface area (Å²) in [5.74, 6) is 0. The molecule has 0 aromatic heterocycles. The van der Waals surface area contributed by atoms with Crippen LogP contribution >= 0.6 is 0 Å². The number of hydrogen-bond donors (Lipinski definition) is 1. The maximum Gasteiger partial charge on any atom is 0.410 e. The minimum absolute atomic E-state index is 0.0774. The Morgan fingerprint density at radius 1 is 1.44 bits per heavy atom. The first-order chi connectivity index (χ1) is 8.20. The first-order valence-electron chi connectivity index (χ1n) is 6.39. The first kappa shape index (κ1) is 13.6. The Balaban J connectivity index is 2.13. The number of nitrogens with zero attached hydrogens (tertiary/aromatic N) is 1. The van der Waals surface area contributed by atoms with Gasteiger partial charge < -0.3 is 14.6 Å². The Labute approximate surface area is 108 Å². The number of aliphatic hydroxyl groups excluding tert-OH is 1. The molecule has 0 aromatic carbocycles. The number of ether oxygens (including phenoxy) is 2. The molecule has 18 heavy (non-hydrogen) atoms.